The van der Waals surface area contributed by atoms with Crippen molar-refractivity contribution in [2.45, 2.75) is 76.3 Å². The molecule has 4 nitrogen and oxygen atoms in total. The van der Waals surface area contributed by atoms with Crippen LogP contribution in [0.15, 0.2) is 4.52 Å². The van der Waals surface area contributed by atoms with Gasteiger partial charge in [0, 0.05) is 17.2 Å². The fourth-order valence-electron chi connectivity index (χ4n) is 2.92. The van der Waals surface area contributed by atoms with Crippen LogP contribution in [0.1, 0.15) is 65.1 Å². The van der Waals surface area contributed by atoms with E-state index in [1.54, 1.807) is 0 Å². The first-order chi connectivity index (χ1) is 9.98. The Morgan fingerprint density at radius 1 is 1.29 bits per heavy atom. The van der Waals surface area contributed by atoms with E-state index < -0.39 is 0 Å². The van der Waals surface area contributed by atoms with Gasteiger partial charge in [-0.3, -0.25) is 0 Å². The van der Waals surface area contributed by atoms with Crippen LogP contribution in [0, 0.1) is 5.92 Å². The average molecular weight is 311 g/mol. The van der Waals surface area contributed by atoms with Gasteiger partial charge in [-0.1, -0.05) is 45.7 Å². The summed E-state index contributed by atoms with van der Waals surface area (Å²) >= 11 is 1.86. The Bertz CT molecular complexity index is 425. The molecule has 1 heterocycles. The highest BCUT2D eigenvalue weighted by Gasteiger charge is 2.26. The molecule has 1 fully saturated rings. The first-order valence-corrected chi connectivity index (χ1v) is 9.15. The van der Waals surface area contributed by atoms with Gasteiger partial charge in [-0.25, -0.2) is 0 Å². The zero-order valence-electron chi connectivity index (χ0n) is 13.8. The van der Waals surface area contributed by atoms with Crippen molar-refractivity contribution >= 4 is 11.8 Å². The van der Waals surface area contributed by atoms with Crippen LogP contribution in [-0.2, 0) is 12.2 Å². The molecule has 0 spiro atoms. The van der Waals surface area contributed by atoms with Crippen LogP contribution in [0.2, 0.25) is 0 Å². The van der Waals surface area contributed by atoms with Crippen LogP contribution < -0.4 is 5.32 Å². The van der Waals surface area contributed by atoms with Crippen LogP contribution in [0.4, 0.5) is 0 Å². The number of hydrogen-bond donors (Lipinski definition) is 1. The number of rotatable bonds is 6. The first-order valence-electron chi connectivity index (χ1n) is 8.16. The summed E-state index contributed by atoms with van der Waals surface area (Å²) in [5.41, 5.74) is 0. The standard InChI is InChI=1S/C16H29N3OS/c1-5-17-13-9-7-6-8-12(13)10-15-18-14(19-20-15)11-21-16(2,3)4/h12-13,17H,5-11H2,1-4H3. The lowest BCUT2D eigenvalue weighted by Gasteiger charge is -2.31. The predicted octanol–water partition coefficient (Wildman–Crippen LogP) is 3.81. The van der Waals surface area contributed by atoms with Gasteiger partial charge in [0.2, 0.25) is 5.89 Å². The van der Waals surface area contributed by atoms with Crippen molar-refractivity contribution in [1.82, 2.24) is 15.5 Å². The minimum atomic E-state index is 0.236. The third-order valence-electron chi connectivity index (χ3n) is 3.96. The molecule has 1 aromatic heterocycles. The number of nitrogens with zero attached hydrogens (tertiary/aromatic N) is 2. The zero-order chi connectivity index (χ0) is 15.3. The van der Waals surface area contributed by atoms with Gasteiger partial charge < -0.3 is 9.84 Å². The zero-order valence-corrected chi connectivity index (χ0v) is 14.6. The molecule has 0 bridgehead atoms. The SMILES string of the molecule is CCNC1CCCCC1Cc1nc(CSC(C)(C)C)no1. The maximum Gasteiger partial charge on any atom is 0.227 e. The summed E-state index contributed by atoms with van der Waals surface area (Å²) < 4.78 is 5.69. The minimum absolute atomic E-state index is 0.236. The van der Waals surface area contributed by atoms with E-state index in [1.807, 2.05) is 11.8 Å². The van der Waals surface area contributed by atoms with Crippen molar-refractivity contribution in [3.05, 3.63) is 11.7 Å². The molecule has 1 saturated carbocycles. The van der Waals surface area contributed by atoms with Gasteiger partial charge in [-0.15, -0.1) is 11.8 Å². The maximum atomic E-state index is 5.46. The quantitative estimate of drug-likeness (QED) is 0.865. The van der Waals surface area contributed by atoms with E-state index in [-0.39, 0.29) is 4.75 Å². The van der Waals surface area contributed by atoms with Gasteiger partial charge in [0.1, 0.15) is 0 Å². The van der Waals surface area contributed by atoms with Crippen LogP contribution >= 0.6 is 11.8 Å². The van der Waals surface area contributed by atoms with E-state index in [1.165, 1.54) is 25.7 Å². The van der Waals surface area contributed by atoms with Crippen LogP contribution in [0.5, 0.6) is 0 Å². The van der Waals surface area contributed by atoms with Crippen molar-refractivity contribution in [3.8, 4) is 0 Å². The number of aromatic nitrogens is 2. The van der Waals surface area contributed by atoms with Gasteiger partial charge in [-0.2, -0.15) is 4.98 Å². The third-order valence-corrected chi connectivity index (χ3v) is 5.23. The van der Waals surface area contributed by atoms with E-state index in [0.717, 1.165) is 30.4 Å². The fraction of sp³-hybridized carbons (Fsp3) is 0.875. The van der Waals surface area contributed by atoms with Crippen LogP contribution in [0.3, 0.4) is 0 Å². The molecule has 1 N–H and O–H groups in total. The molecule has 0 aromatic carbocycles. The van der Waals surface area contributed by atoms with E-state index >= 15 is 0 Å². The van der Waals surface area contributed by atoms with E-state index in [4.69, 9.17) is 4.52 Å². The van der Waals surface area contributed by atoms with Crippen molar-refractivity contribution < 1.29 is 4.52 Å². The maximum absolute atomic E-state index is 5.46. The Hall–Kier alpha value is -0.550. The highest BCUT2D eigenvalue weighted by atomic mass is 32.2. The Labute approximate surface area is 132 Å². The summed E-state index contributed by atoms with van der Waals surface area (Å²) in [6.45, 7) is 9.85. The smallest absolute Gasteiger partial charge is 0.227 e. The number of nitrogens with one attached hydrogen (secondary N) is 1. The van der Waals surface area contributed by atoms with Crippen LogP contribution in [0.25, 0.3) is 0 Å². The summed E-state index contributed by atoms with van der Waals surface area (Å²) in [5, 5.41) is 7.74. The average Bonchev–Trinajstić information content (AvgIpc) is 2.86. The van der Waals surface area contributed by atoms with Gasteiger partial charge in [0.05, 0.1) is 5.75 Å². The molecule has 1 aromatic rings. The van der Waals surface area contributed by atoms with Gasteiger partial charge in [0.25, 0.3) is 0 Å². The lowest BCUT2D eigenvalue weighted by Crippen LogP contribution is -2.39. The second-order valence-corrected chi connectivity index (χ2v) is 8.72. The topological polar surface area (TPSA) is 51.0 Å². The molecule has 5 heteroatoms. The molecule has 0 aliphatic heterocycles. The molecule has 1 aliphatic carbocycles. The fourth-order valence-corrected chi connectivity index (χ4v) is 3.60. The second kappa shape index (κ2) is 7.63. The molecule has 1 aliphatic rings. The van der Waals surface area contributed by atoms with Gasteiger partial charge in [-0.05, 0) is 25.3 Å². The summed E-state index contributed by atoms with van der Waals surface area (Å²) in [6.07, 6.45) is 6.13. The lowest BCUT2D eigenvalue weighted by atomic mass is 9.82. The van der Waals surface area contributed by atoms with Crippen molar-refractivity contribution in [2.75, 3.05) is 6.54 Å². The molecule has 0 saturated heterocycles. The van der Waals surface area contributed by atoms with E-state index in [0.29, 0.717) is 12.0 Å². The largest absolute Gasteiger partial charge is 0.339 e. The normalized spacial score (nSPS) is 23.4. The number of hydrogen-bond acceptors (Lipinski definition) is 5. The molecular weight excluding hydrogens is 282 g/mol. The minimum Gasteiger partial charge on any atom is -0.339 e. The van der Waals surface area contributed by atoms with Crippen molar-refractivity contribution in [1.29, 1.82) is 0 Å². The molecular formula is C16H29N3OS. The van der Waals surface area contributed by atoms with Gasteiger partial charge in [0.15, 0.2) is 5.82 Å². The summed E-state index contributed by atoms with van der Waals surface area (Å²) in [5.74, 6) is 3.12. The summed E-state index contributed by atoms with van der Waals surface area (Å²) in [6, 6.07) is 0.614. The predicted molar refractivity (Wildman–Crippen MR) is 88.5 cm³/mol. The van der Waals surface area contributed by atoms with E-state index in [9.17, 15) is 0 Å². The van der Waals surface area contributed by atoms with Gasteiger partial charge >= 0.3 is 0 Å². The summed E-state index contributed by atoms with van der Waals surface area (Å²) in [4.78, 5) is 4.58. The summed E-state index contributed by atoms with van der Waals surface area (Å²) in [7, 11) is 0. The Kier molecular flexibility index (Phi) is 6.11. The second-order valence-electron chi connectivity index (χ2n) is 6.92. The Balaban J connectivity index is 1.88. The Morgan fingerprint density at radius 2 is 2.05 bits per heavy atom. The molecule has 0 amide bonds. The molecule has 120 valence electrons. The third kappa shape index (κ3) is 5.62. The van der Waals surface area contributed by atoms with Crippen molar-refractivity contribution in [2.24, 2.45) is 5.92 Å². The lowest BCUT2D eigenvalue weighted by molar-refractivity contribution is 0.242. The molecule has 0 radical (unpaired) electrons. The highest BCUT2D eigenvalue weighted by molar-refractivity contribution is 7.99. The number of thioether (sulfide) groups is 1. The first kappa shape index (κ1) is 16.8. The molecule has 2 rings (SSSR count). The molecule has 2 unspecified atom stereocenters. The Morgan fingerprint density at radius 3 is 2.76 bits per heavy atom. The van der Waals surface area contributed by atoms with Crippen molar-refractivity contribution in [3.63, 3.8) is 0 Å². The molecule has 2 atom stereocenters. The molecule has 21 heavy (non-hydrogen) atoms. The van der Waals surface area contributed by atoms with Crippen LogP contribution in [-0.4, -0.2) is 27.5 Å². The van der Waals surface area contributed by atoms with E-state index in [2.05, 4.69) is 43.2 Å². The highest BCUT2D eigenvalue weighted by Crippen LogP contribution is 2.28. The monoisotopic (exact) mass is 311 g/mol.